The van der Waals surface area contributed by atoms with Crippen molar-refractivity contribution in [3.8, 4) is 0 Å². The van der Waals surface area contributed by atoms with Gasteiger partial charge in [-0.25, -0.2) is 4.79 Å². The van der Waals surface area contributed by atoms with Gasteiger partial charge in [0.2, 0.25) is 0 Å². The van der Waals surface area contributed by atoms with Crippen molar-refractivity contribution in [2.24, 2.45) is 0 Å². The van der Waals surface area contributed by atoms with Crippen LogP contribution in [0.15, 0.2) is 16.0 Å². The Labute approximate surface area is 133 Å². The summed E-state index contributed by atoms with van der Waals surface area (Å²) >= 11 is 2.89. The van der Waals surface area contributed by atoms with Gasteiger partial charge >= 0.3 is 5.97 Å². The van der Waals surface area contributed by atoms with Crippen molar-refractivity contribution < 1.29 is 14.3 Å². The number of thiophene rings is 1. The Morgan fingerprint density at radius 2 is 2.14 bits per heavy atom. The fourth-order valence-corrected chi connectivity index (χ4v) is 4.36. The monoisotopic (exact) mass is 325 g/mol. The van der Waals surface area contributed by atoms with Crippen molar-refractivity contribution in [3.05, 3.63) is 27.8 Å². The summed E-state index contributed by atoms with van der Waals surface area (Å²) in [7, 11) is 3.81. The highest BCUT2D eigenvalue weighted by molar-refractivity contribution is 8.00. The van der Waals surface area contributed by atoms with Gasteiger partial charge in [-0.05, 0) is 31.6 Å². The molecular formula is C15H19NO3S2. The van der Waals surface area contributed by atoms with Crippen LogP contribution in [0.25, 0.3) is 0 Å². The zero-order valence-corrected chi connectivity index (χ0v) is 14.3. The molecule has 0 fully saturated rings. The van der Waals surface area contributed by atoms with E-state index in [1.807, 2.05) is 31.5 Å². The number of fused-ring (bicyclic) bond motifs is 1. The molecule has 114 valence electrons. The third-order valence-corrected chi connectivity index (χ3v) is 5.53. The fraction of sp³-hybridized carbons (Fsp3) is 0.467. The van der Waals surface area contributed by atoms with Crippen molar-refractivity contribution in [3.63, 3.8) is 0 Å². The number of thioether (sulfide) groups is 1. The Morgan fingerprint density at radius 3 is 2.71 bits per heavy atom. The summed E-state index contributed by atoms with van der Waals surface area (Å²) < 4.78 is 6.01. The maximum absolute atomic E-state index is 12.7. The Hall–Kier alpha value is -1.27. The maximum atomic E-state index is 12.7. The van der Waals surface area contributed by atoms with Gasteiger partial charge in [0.25, 0.3) is 0 Å². The Bertz CT molecular complexity index is 602. The van der Waals surface area contributed by atoms with Gasteiger partial charge in [-0.15, -0.1) is 23.1 Å². The summed E-state index contributed by atoms with van der Waals surface area (Å²) in [4.78, 5) is 27.2. The molecule has 6 heteroatoms. The topological polar surface area (TPSA) is 46.6 Å². The summed E-state index contributed by atoms with van der Waals surface area (Å²) in [6, 6.07) is 0. The number of carbonyl (C=O) groups is 2. The lowest BCUT2D eigenvalue weighted by Gasteiger charge is -2.18. The number of allylic oxidation sites excluding steroid dienone is 1. The first-order valence-corrected chi connectivity index (χ1v) is 8.82. The molecule has 4 nitrogen and oxygen atoms in total. The highest BCUT2D eigenvalue weighted by Gasteiger charge is 2.32. The minimum Gasteiger partial charge on any atom is -0.462 e. The van der Waals surface area contributed by atoms with E-state index in [-0.39, 0.29) is 11.8 Å². The van der Waals surface area contributed by atoms with Gasteiger partial charge in [-0.3, -0.25) is 4.79 Å². The Morgan fingerprint density at radius 1 is 1.43 bits per heavy atom. The molecule has 0 radical (unpaired) electrons. The van der Waals surface area contributed by atoms with E-state index >= 15 is 0 Å². The second kappa shape index (κ2) is 6.66. The molecule has 0 atom stereocenters. The number of nitrogens with zero attached hydrogens (tertiary/aromatic N) is 1. The van der Waals surface area contributed by atoms with E-state index in [4.69, 9.17) is 4.74 Å². The molecule has 0 spiro atoms. The normalized spacial score (nSPS) is 16.0. The molecule has 0 saturated heterocycles. The standard InChI is InChI=1S/C15H19NO3S2/c1-5-19-14(18)13-10-7-6-9(8-16(2)3)12(17)11(10)15(20-4)21-13/h8H,5-7H2,1-4H3/b9-8+. The minimum atomic E-state index is -0.313. The number of carbonyl (C=O) groups excluding carboxylic acids is 2. The van der Waals surface area contributed by atoms with Gasteiger partial charge in [0.05, 0.1) is 16.4 Å². The molecule has 0 unspecified atom stereocenters. The van der Waals surface area contributed by atoms with Crippen LogP contribution in [-0.4, -0.2) is 43.6 Å². The van der Waals surface area contributed by atoms with Crippen LogP contribution >= 0.6 is 23.1 Å². The van der Waals surface area contributed by atoms with Gasteiger partial charge in [0.1, 0.15) is 4.88 Å². The molecule has 1 aliphatic rings. The first kappa shape index (κ1) is 16.1. The van der Waals surface area contributed by atoms with Crippen LogP contribution in [0.1, 0.15) is 38.9 Å². The quantitative estimate of drug-likeness (QED) is 0.483. The number of ether oxygens (including phenoxy) is 1. The first-order valence-electron chi connectivity index (χ1n) is 6.78. The minimum absolute atomic E-state index is 0.0427. The summed E-state index contributed by atoms with van der Waals surface area (Å²) in [5, 5.41) is 0. The molecule has 0 aromatic carbocycles. The van der Waals surface area contributed by atoms with E-state index < -0.39 is 0 Å². The number of hydrogen-bond acceptors (Lipinski definition) is 6. The van der Waals surface area contributed by atoms with Crippen LogP contribution in [-0.2, 0) is 11.2 Å². The summed E-state index contributed by atoms with van der Waals surface area (Å²) in [5.74, 6) is -0.270. The summed E-state index contributed by atoms with van der Waals surface area (Å²) in [6.45, 7) is 2.14. The fourth-order valence-electron chi connectivity index (χ4n) is 2.38. The van der Waals surface area contributed by atoms with Crippen LogP contribution in [0.4, 0.5) is 0 Å². The molecule has 0 aliphatic heterocycles. The average molecular weight is 325 g/mol. The van der Waals surface area contributed by atoms with Crippen molar-refractivity contribution in [2.75, 3.05) is 27.0 Å². The van der Waals surface area contributed by atoms with Crippen molar-refractivity contribution in [2.45, 2.75) is 24.0 Å². The zero-order chi connectivity index (χ0) is 15.6. The molecule has 1 aromatic rings. The molecular weight excluding hydrogens is 306 g/mol. The highest BCUT2D eigenvalue weighted by Crippen LogP contribution is 2.41. The lowest BCUT2D eigenvalue weighted by molar-refractivity contribution is 0.0531. The Balaban J connectivity index is 2.48. The zero-order valence-electron chi connectivity index (χ0n) is 12.7. The highest BCUT2D eigenvalue weighted by atomic mass is 32.2. The van der Waals surface area contributed by atoms with E-state index in [1.54, 1.807) is 6.92 Å². The number of hydrogen-bond donors (Lipinski definition) is 0. The van der Waals surface area contributed by atoms with Gasteiger partial charge in [-0.2, -0.15) is 0 Å². The molecule has 1 aliphatic carbocycles. The van der Waals surface area contributed by atoms with Crippen LogP contribution in [0.3, 0.4) is 0 Å². The van der Waals surface area contributed by atoms with E-state index in [0.717, 1.165) is 15.3 Å². The van der Waals surface area contributed by atoms with Crippen molar-refractivity contribution >= 4 is 34.9 Å². The second-order valence-electron chi connectivity index (χ2n) is 4.94. The van der Waals surface area contributed by atoms with Crippen LogP contribution < -0.4 is 0 Å². The maximum Gasteiger partial charge on any atom is 0.348 e. The van der Waals surface area contributed by atoms with Gasteiger partial charge in [0.15, 0.2) is 5.78 Å². The van der Waals surface area contributed by atoms with Gasteiger partial charge in [-0.1, -0.05) is 0 Å². The molecule has 21 heavy (non-hydrogen) atoms. The SMILES string of the molecule is CCOC(=O)c1sc(SC)c2c1CC/C(=C\N(C)C)C2=O. The summed E-state index contributed by atoms with van der Waals surface area (Å²) in [5.41, 5.74) is 2.37. The predicted molar refractivity (Wildman–Crippen MR) is 86.5 cm³/mol. The lowest BCUT2D eigenvalue weighted by atomic mass is 9.89. The second-order valence-corrected chi connectivity index (χ2v) is 7.04. The lowest BCUT2D eigenvalue weighted by Crippen LogP contribution is -2.18. The predicted octanol–water partition coefficient (Wildman–Crippen LogP) is 3.22. The largest absolute Gasteiger partial charge is 0.462 e. The molecule has 0 amide bonds. The molecule has 0 N–H and O–H groups in total. The molecule has 1 heterocycles. The van der Waals surface area contributed by atoms with E-state index in [0.29, 0.717) is 29.9 Å². The number of esters is 1. The first-order chi connectivity index (χ1) is 9.99. The van der Waals surface area contributed by atoms with Gasteiger partial charge in [0, 0.05) is 25.9 Å². The van der Waals surface area contributed by atoms with Crippen LogP contribution in [0.2, 0.25) is 0 Å². The Kier molecular flexibility index (Phi) is 5.11. The molecule has 0 bridgehead atoms. The van der Waals surface area contributed by atoms with Crippen LogP contribution in [0, 0.1) is 0 Å². The molecule has 0 saturated carbocycles. The third-order valence-electron chi connectivity index (χ3n) is 3.20. The van der Waals surface area contributed by atoms with E-state index in [1.165, 1.54) is 23.1 Å². The van der Waals surface area contributed by atoms with Gasteiger partial charge < -0.3 is 9.64 Å². The van der Waals surface area contributed by atoms with E-state index in [2.05, 4.69) is 0 Å². The smallest absolute Gasteiger partial charge is 0.348 e. The van der Waals surface area contributed by atoms with Crippen molar-refractivity contribution in [1.29, 1.82) is 0 Å². The molecule has 2 rings (SSSR count). The third kappa shape index (κ3) is 3.16. The van der Waals surface area contributed by atoms with Crippen molar-refractivity contribution in [1.82, 2.24) is 4.90 Å². The van der Waals surface area contributed by atoms with Crippen LogP contribution in [0.5, 0.6) is 0 Å². The number of rotatable bonds is 4. The number of ketones is 1. The molecule has 1 aromatic heterocycles. The summed E-state index contributed by atoms with van der Waals surface area (Å²) in [6.07, 6.45) is 5.18. The average Bonchev–Trinajstić information content (AvgIpc) is 2.81. The number of Topliss-reactive ketones (excluding diaryl/α,β-unsaturated/α-hetero) is 1. The van der Waals surface area contributed by atoms with E-state index in [9.17, 15) is 9.59 Å².